The van der Waals surface area contributed by atoms with Crippen LogP contribution < -0.4 is 5.73 Å². The minimum Gasteiger partial charge on any atom is -0.469 e. The molecule has 0 aliphatic heterocycles. The number of hydrogen-bond acceptors (Lipinski definition) is 5. The SMILES string of the molecule is Nc1ncnc2c1C(=O)C[C@H](c1ccco1)C2. The molecule has 5 heteroatoms. The van der Waals surface area contributed by atoms with E-state index in [4.69, 9.17) is 10.2 Å². The average molecular weight is 229 g/mol. The lowest BCUT2D eigenvalue weighted by Crippen LogP contribution is -2.22. The molecule has 0 amide bonds. The molecule has 0 bridgehead atoms. The molecule has 17 heavy (non-hydrogen) atoms. The van der Waals surface area contributed by atoms with E-state index >= 15 is 0 Å². The minimum atomic E-state index is -0.00856. The van der Waals surface area contributed by atoms with Crippen LogP contribution in [0.3, 0.4) is 0 Å². The molecule has 0 fully saturated rings. The number of carbonyl (C=O) groups excluding carboxylic acids is 1. The van der Waals surface area contributed by atoms with Gasteiger partial charge in [0.15, 0.2) is 5.78 Å². The summed E-state index contributed by atoms with van der Waals surface area (Å²) in [5.41, 5.74) is 6.90. The number of anilines is 1. The second kappa shape index (κ2) is 3.69. The first-order valence-electron chi connectivity index (χ1n) is 5.41. The van der Waals surface area contributed by atoms with Gasteiger partial charge in [-0.05, 0) is 12.1 Å². The van der Waals surface area contributed by atoms with Crippen molar-refractivity contribution in [2.75, 3.05) is 5.73 Å². The molecule has 0 aromatic carbocycles. The Morgan fingerprint density at radius 2 is 2.24 bits per heavy atom. The van der Waals surface area contributed by atoms with Crippen molar-refractivity contribution in [1.29, 1.82) is 0 Å². The van der Waals surface area contributed by atoms with Crippen LogP contribution in [0.15, 0.2) is 29.1 Å². The van der Waals surface area contributed by atoms with Crippen molar-refractivity contribution in [1.82, 2.24) is 9.97 Å². The molecule has 5 nitrogen and oxygen atoms in total. The third kappa shape index (κ3) is 1.60. The molecule has 3 rings (SSSR count). The number of nitrogens with zero attached hydrogens (tertiary/aromatic N) is 2. The van der Waals surface area contributed by atoms with Crippen LogP contribution in [-0.4, -0.2) is 15.8 Å². The van der Waals surface area contributed by atoms with Crippen molar-refractivity contribution < 1.29 is 9.21 Å². The van der Waals surface area contributed by atoms with Crippen molar-refractivity contribution in [2.45, 2.75) is 18.8 Å². The summed E-state index contributed by atoms with van der Waals surface area (Å²) in [5.74, 6) is 1.14. The quantitative estimate of drug-likeness (QED) is 0.802. The fourth-order valence-electron chi connectivity index (χ4n) is 2.25. The fourth-order valence-corrected chi connectivity index (χ4v) is 2.25. The molecular formula is C12H11N3O2. The predicted octanol–water partition coefficient (Wildman–Crippen LogP) is 1.56. The molecule has 2 aromatic heterocycles. The lowest BCUT2D eigenvalue weighted by Gasteiger charge is -2.21. The lowest BCUT2D eigenvalue weighted by molar-refractivity contribution is 0.0959. The first-order valence-corrected chi connectivity index (χ1v) is 5.41. The van der Waals surface area contributed by atoms with Crippen molar-refractivity contribution in [3.63, 3.8) is 0 Å². The van der Waals surface area contributed by atoms with Gasteiger partial charge in [-0.1, -0.05) is 0 Å². The predicted molar refractivity (Wildman–Crippen MR) is 60.5 cm³/mol. The number of hydrogen-bond donors (Lipinski definition) is 1. The van der Waals surface area contributed by atoms with Crippen LogP contribution in [0, 0.1) is 0 Å². The van der Waals surface area contributed by atoms with Crippen molar-refractivity contribution in [2.24, 2.45) is 0 Å². The smallest absolute Gasteiger partial charge is 0.169 e. The van der Waals surface area contributed by atoms with Gasteiger partial charge in [0.25, 0.3) is 0 Å². The number of ketones is 1. The molecule has 0 unspecified atom stereocenters. The summed E-state index contributed by atoms with van der Waals surface area (Å²) in [6.45, 7) is 0. The maximum absolute atomic E-state index is 12.0. The standard InChI is InChI=1S/C12H11N3O2/c13-12-11-8(14-6-15-12)4-7(5-9(11)16)10-2-1-3-17-10/h1-3,6-7H,4-5H2,(H2,13,14,15)/t7-/m1/s1. The number of nitrogens with two attached hydrogens (primary N) is 1. The van der Waals surface area contributed by atoms with Crippen molar-refractivity contribution in [3.05, 3.63) is 41.7 Å². The van der Waals surface area contributed by atoms with E-state index in [-0.39, 0.29) is 17.5 Å². The molecule has 1 aliphatic rings. The normalized spacial score (nSPS) is 19.1. The molecule has 1 aliphatic carbocycles. The van der Waals surface area contributed by atoms with Gasteiger partial charge in [0, 0.05) is 18.8 Å². The zero-order chi connectivity index (χ0) is 11.8. The van der Waals surface area contributed by atoms with Gasteiger partial charge < -0.3 is 10.2 Å². The van der Waals surface area contributed by atoms with Crippen LogP contribution in [-0.2, 0) is 6.42 Å². The summed E-state index contributed by atoms with van der Waals surface area (Å²) >= 11 is 0. The van der Waals surface area contributed by atoms with E-state index in [1.807, 2.05) is 12.1 Å². The Morgan fingerprint density at radius 3 is 3.00 bits per heavy atom. The van der Waals surface area contributed by atoms with E-state index < -0.39 is 0 Å². The number of furan rings is 1. The number of fused-ring (bicyclic) bond motifs is 1. The number of carbonyl (C=O) groups is 1. The number of aromatic nitrogens is 2. The summed E-state index contributed by atoms with van der Waals surface area (Å²) in [5, 5.41) is 0. The highest BCUT2D eigenvalue weighted by atomic mass is 16.3. The van der Waals surface area contributed by atoms with Gasteiger partial charge in [0.2, 0.25) is 0 Å². The van der Waals surface area contributed by atoms with Gasteiger partial charge >= 0.3 is 0 Å². The van der Waals surface area contributed by atoms with E-state index in [2.05, 4.69) is 9.97 Å². The zero-order valence-electron chi connectivity index (χ0n) is 9.09. The Labute approximate surface area is 97.7 Å². The Morgan fingerprint density at radius 1 is 1.35 bits per heavy atom. The van der Waals surface area contributed by atoms with Gasteiger partial charge in [-0.25, -0.2) is 9.97 Å². The summed E-state index contributed by atoms with van der Waals surface area (Å²) < 4.78 is 5.34. The van der Waals surface area contributed by atoms with Crippen LogP contribution in [0.5, 0.6) is 0 Å². The minimum absolute atomic E-state index is 0.00856. The second-order valence-corrected chi connectivity index (χ2v) is 4.12. The Kier molecular flexibility index (Phi) is 2.18. The first kappa shape index (κ1) is 10.0. The van der Waals surface area contributed by atoms with E-state index in [1.165, 1.54) is 6.33 Å². The summed E-state index contributed by atoms with van der Waals surface area (Å²) in [6.07, 6.45) is 4.08. The van der Waals surface area contributed by atoms with Crippen molar-refractivity contribution >= 4 is 11.6 Å². The van der Waals surface area contributed by atoms with Gasteiger partial charge in [0.1, 0.15) is 17.9 Å². The summed E-state index contributed by atoms with van der Waals surface area (Å²) in [4.78, 5) is 20.0. The van der Waals surface area contributed by atoms with Gasteiger partial charge in [-0.15, -0.1) is 0 Å². The number of rotatable bonds is 1. The molecule has 0 saturated heterocycles. The van der Waals surface area contributed by atoms with E-state index in [0.717, 1.165) is 11.5 Å². The maximum atomic E-state index is 12.0. The third-order valence-electron chi connectivity index (χ3n) is 3.05. The summed E-state index contributed by atoms with van der Waals surface area (Å²) in [7, 11) is 0. The highest BCUT2D eigenvalue weighted by molar-refractivity contribution is 6.02. The number of Topliss-reactive ketones (excluding diaryl/α,β-unsaturated/α-hetero) is 1. The fraction of sp³-hybridized carbons (Fsp3) is 0.250. The molecule has 2 aromatic rings. The molecular weight excluding hydrogens is 218 g/mol. The molecule has 86 valence electrons. The van der Waals surface area contributed by atoms with Crippen LogP contribution >= 0.6 is 0 Å². The monoisotopic (exact) mass is 229 g/mol. The molecule has 0 radical (unpaired) electrons. The van der Waals surface area contributed by atoms with Crippen LogP contribution in [0.1, 0.15) is 34.2 Å². The number of nitrogen functional groups attached to an aromatic ring is 1. The molecule has 0 saturated carbocycles. The first-order chi connectivity index (χ1) is 8.25. The van der Waals surface area contributed by atoms with E-state index in [1.54, 1.807) is 6.26 Å². The molecule has 2 heterocycles. The maximum Gasteiger partial charge on any atom is 0.169 e. The van der Waals surface area contributed by atoms with Crippen LogP contribution in [0.25, 0.3) is 0 Å². The molecule has 0 spiro atoms. The van der Waals surface area contributed by atoms with Crippen LogP contribution in [0.4, 0.5) is 5.82 Å². The van der Waals surface area contributed by atoms with E-state index in [0.29, 0.717) is 18.4 Å². The summed E-state index contributed by atoms with van der Waals surface area (Å²) in [6, 6.07) is 3.71. The Bertz CT molecular complexity index is 563. The second-order valence-electron chi connectivity index (χ2n) is 4.12. The van der Waals surface area contributed by atoms with Gasteiger partial charge in [-0.2, -0.15) is 0 Å². The highest BCUT2D eigenvalue weighted by Gasteiger charge is 2.30. The van der Waals surface area contributed by atoms with Gasteiger partial charge in [-0.3, -0.25) is 4.79 Å². The Hall–Kier alpha value is -2.17. The topological polar surface area (TPSA) is 82.0 Å². The lowest BCUT2D eigenvalue weighted by atomic mass is 9.84. The van der Waals surface area contributed by atoms with E-state index in [9.17, 15) is 4.79 Å². The average Bonchev–Trinajstić information content (AvgIpc) is 2.81. The highest BCUT2D eigenvalue weighted by Crippen LogP contribution is 2.33. The van der Waals surface area contributed by atoms with Crippen molar-refractivity contribution in [3.8, 4) is 0 Å². The largest absolute Gasteiger partial charge is 0.469 e. The van der Waals surface area contributed by atoms with Gasteiger partial charge in [0.05, 0.1) is 17.5 Å². The molecule has 1 atom stereocenters. The third-order valence-corrected chi connectivity index (χ3v) is 3.05. The van der Waals surface area contributed by atoms with Crippen LogP contribution in [0.2, 0.25) is 0 Å². The molecule has 2 N–H and O–H groups in total. The Balaban J connectivity index is 2.02. The zero-order valence-corrected chi connectivity index (χ0v) is 9.09.